The molecule has 0 atom stereocenters. The monoisotopic (exact) mass is 297 g/mol. The number of aromatic hydroxyl groups is 1. The number of phenols is 1. The van der Waals surface area contributed by atoms with Gasteiger partial charge in [0, 0.05) is 22.4 Å². The molecule has 0 aliphatic rings. The number of hydrogen-bond donors (Lipinski definition) is 2. The highest BCUT2D eigenvalue weighted by Gasteiger charge is 2.26. The van der Waals surface area contributed by atoms with Crippen LogP contribution in [-0.4, -0.2) is 5.11 Å². The van der Waals surface area contributed by atoms with Crippen LogP contribution >= 0.6 is 0 Å². The van der Waals surface area contributed by atoms with E-state index < -0.39 is 0 Å². The highest BCUT2D eigenvalue weighted by molar-refractivity contribution is 5.78. The molecule has 3 N–H and O–H groups in total. The highest BCUT2D eigenvalue weighted by Crippen LogP contribution is 2.42. The van der Waals surface area contributed by atoms with Crippen LogP contribution in [0.4, 0.5) is 5.69 Å². The Bertz CT molecular complexity index is 653. The summed E-state index contributed by atoms with van der Waals surface area (Å²) in [5.74, 6) is 0.401. The van der Waals surface area contributed by atoms with E-state index in [4.69, 9.17) is 5.73 Å². The lowest BCUT2D eigenvalue weighted by molar-refractivity contribution is 0.423. The molecule has 0 aliphatic carbocycles. The van der Waals surface area contributed by atoms with Crippen molar-refractivity contribution in [3.63, 3.8) is 0 Å². The average molecular weight is 297 g/mol. The molecule has 2 aromatic rings. The summed E-state index contributed by atoms with van der Waals surface area (Å²) in [6.45, 7) is 12.7. The van der Waals surface area contributed by atoms with E-state index in [1.807, 2.05) is 24.3 Å². The molecule has 2 rings (SSSR count). The molecule has 0 aromatic heterocycles. The van der Waals surface area contributed by atoms with Crippen molar-refractivity contribution in [1.29, 1.82) is 0 Å². The molecule has 0 saturated heterocycles. The van der Waals surface area contributed by atoms with E-state index in [1.165, 1.54) is 0 Å². The lowest BCUT2D eigenvalue weighted by atomic mass is 9.77. The molecule has 0 amide bonds. The number of hydrogen-bond acceptors (Lipinski definition) is 2. The zero-order chi connectivity index (χ0) is 16.7. The molecule has 22 heavy (non-hydrogen) atoms. The minimum absolute atomic E-state index is 0.135. The summed E-state index contributed by atoms with van der Waals surface area (Å²) in [4.78, 5) is 0. The average Bonchev–Trinajstić information content (AvgIpc) is 2.37. The van der Waals surface area contributed by atoms with Crippen LogP contribution in [0.15, 0.2) is 36.4 Å². The standard InChI is InChI=1S/C20H27NO/c1-19(2,3)15-11-13(14-9-7-8-10-17(14)21)12-16(18(15)22)20(4,5)6/h7-12,22H,21H2,1-6H3. The Balaban J connectivity index is 2.80. The Morgan fingerprint density at radius 2 is 1.27 bits per heavy atom. The maximum Gasteiger partial charge on any atom is 0.123 e. The molecule has 0 unspecified atom stereocenters. The third-order valence-electron chi connectivity index (χ3n) is 4.00. The fourth-order valence-corrected chi connectivity index (χ4v) is 2.69. The minimum Gasteiger partial charge on any atom is -0.507 e. The number of phenolic OH excluding ortho intramolecular Hbond substituents is 1. The quantitative estimate of drug-likeness (QED) is 0.707. The molecule has 0 fully saturated rings. The summed E-state index contributed by atoms with van der Waals surface area (Å²) in [6.07, 6.45) is 0. The number of nitrogens with two attached hydrogens (primary N) is 1. The van der Waals surface area contributed by atoms with Gasteiger partial charge in [-0.15, -0.1) is 0 Å². The van der Waals surface area contributed by atoms with E-state index in [0.29, 0.717) is 5.75 Å². The molecular weight excluding hydrogens is 270 g/mol. The Morgan fingerprint density at radius 3 is 1.68 bits per heavy atom. The fraction of sp³-hybridized carbons (Fsp3) is 0.400. The summed E-state index contributed by atoms with van der Waals surface area (Å²) in [6, 6.07) is 12.0. The molecule has 0 aliphatic heterocycles. The van der Waals surface area contributed by atoms with E-state index in [1.54, 1.807) is 0 Å². The van der Waals surface area contributed by atoms with E-state index in [0.717, 1.165) is 27.9 Å². The van der Waals surface area contributed by atoms with E-state index >= 15 is 0 Å². The van der Waals surface area contributed by atoms with Gasteiger partial charge in [0.1, 0.15) is 5.75 Å². The first-order valence-corrected chi connectivity index (χ1v) is 7.74. The molecule has 2 nitrogen and oxygen atoms in total. The minimum atomic E-state index is -0.135. The maximum atomic E-state index is 10.8. The Labute approximate surface area is 134 Å². The van der Waals surface area contributed by atoms with Gasteiger partial charge in [-0.25, -0.2) is 0 Å². The number of benzene rings is 2. The maximum absolute atomic E-state index is 10.8. The number of para-hydroxylation sites is 1. The summed E-state index contributed by atoms with van der Waals surface area (Å²) in [5, 5.41) is 10.8. The summed E-state index contributed by atoms with van der Waals surface area (Å²) in [7, 11) is 0. The van der Waals surface area contributed by atoms with Gasteiger partial charge in [-0.2, -0.15) is 0 Å². The van der Waals surface area contributed by atoms with Crippen molar-refractivity contribution < 1.29 is 5.11 Å². The molecule has 2 aromatic carbocycles. The van der Waals surface area contributed by atoms with Gasteiger partial charge in [0.25, 0.3) is 0 Å². The lowest BCUT2D eigenvalue weighted by Crippen LogP contribution is -2.17. The van der Waals surface area contributed by atoms with Crippen molar-refractivity contribution >= 4 is 5.69 Å². The number of anilines is 1. The van der Waals surface area contributed by atoms with Crippen molar-refractivity contribution in [2.45, 2.75) is 52.4 Å². The second-order valence-corrected chi connectivity index (χ2v) is 8.01. The van der Waals surface area contributed by atoms with Crippen LogP contribution in [-0.2, 0) is 10.8 Å². The second-order valence-electron chi connectivity index (χ2n) is 8.01. The van der Waals surface area contributed by atoms with E-state index in [-0.39, 0.29) is 10.8 Å². The molecule has 0 radical (unpaired) electrons. The van der Waals surface area contributed by atoms with Gasteiger partial charge >= 0.3 is 0 Å². The van der Waals surface area contributed by atoms with Gasteiger partial charge in [-0.05, 0) is 34.6 Å². The lowest BCUT2D eigenvalue weighted by Gasteiger charge is -2.28. The first-order valence-electron chi connectivity index (χ1n) is 7.74. The van der Waals surface area contributed by atoms with Crippen molar-refractivity contribution in [2.24, 2.45) is 0 Å². The Hall–Kier alpha value is -1.96. The van der Waals surface area contributed by atoms with Crippen LogP contribution < -0.4 is 5.73 Å². The third-order valence-corrected chi connectivity index (χ3v) is 4.00. The van der Waals surface area contributed by atoms with Gasteiger partial charge in [-0.3, -0.25) is 0 Å². The Kier molecular flexibility index (Phi) is 3.99. The van der Waals surface area contributed by atoms with E-state index in [2.05, 4.69) is 53.7 Å². The second kappa shape index (κ2) is 5.35. The molecule has 118 valence electrons. The van der Waals surface area contributed by atoms with Crippen LogP contribution in [0.1, 0.15) is 52.7 Å². The number of rotatable bonds is 1. The molecule has 0 heterocycles. The van der Waals surface area contributed by atoms with Gasteiger partial charge < -0.3 is 10.8 Å². The van der Waals surface area contributed by atoms with Crippen molar-refractivity contribution in [2.75, 3.05) is 5.73 Å². The first-order chi connectivity index (χ1) is 10.0. The predicted octanol–water partition coefficient (Wildman–Crippen LogP) is 5.24. The van der Waals surface area contributed by atoms with Crippen LogP contribution in [0.25, 0.3) is 11.1 Å². The van der Waals surface area contributed by atoms with Crippen molar-refractivity contribution in [1.82, 2.24) is 0 Å². The van der Waals surface area contributed by atoms with Crippen LogP contribution in [0.5, 0.6) is 5.75 Å². The zero-order valence-electron chi connectivity index (χ0n) is 14.5. The van der Waals surface area contributed by atoms with Gasteiger partial charge in [-0.1, -0.05) is 59.7 Å². The van der Waals surface area contributed by atoms with Crippen molar-refractivity contribution in [3.05, 3.63) is 47.5 Å². The van der Waals surface area contributed by atoms with E-state index in [9.17, 15) is 5.11 Å². The van der Waals surface area contributed by atoms with Crippen LogP contribution in [0.3, 0.4) is 0 Å². The number of nitrogen functional groups attached to an aromatic ring is 1. The summed E-state index contributed by atoms with van der Waals surface area (Å²) in [5.41, 5.74) is 10.6. The molecule has 0 saturated carbocycles. The third kappa shape index (κ3) is 3.11. The normalized spacial score (nSPS) is 12.5. The first kappa shape index (κ1) is 16.4. The topological polar surface area (TPSA) is 46.2 Å². The predicted molar refractivity (Wildman–Crippen MR) is 95.4 cm³/mol. The zero-order valence-corrected chi connectivity index (χ0v) is 14.5. The summed E-state index contributed by atoms with van der Waals surface area (Å²) >= 11 is 0. The fourth-order valence-electron chi connectivity index (χ4n) is 2.69. The van der Waals surface area contributed by atoms with Crippen LogP contribution in [0.2, 0.25) is 0 Å². The molecule has 0 bridgehead atoms. The van der Waals surface area contributed by atoms with Crippen LogP contribution in [0, 0.1) is 0 Å². The molecule has 2 heteroatoms. The molecular formula is C20H27NO. The Morgan fingerprint density at radius 1 is 0.818 bits per heavy atom. The highest BCUT2D eigenvalue weighted by atomic mass is 16.3. The van der Waals surface area contributed by atoms with Gasteiger partial charge in [0.15, 0.2) is 0 Å². The van der Waals surface area contributed by atoms with Gasteiger partial charge in [0.05, 0.1) is 0 Å². The largest absolute Gasteiger partial charge is 0.507 e. The summed E-state index contributed by atoms with van der Waals surface area (Å²) < 4.78 is 0. The van der Waals surface area contributed by atoms with Crippen molar-refractivity contribution in [3.8, 4) is 16.9 Å². The SMILES string of the molecule is CC(C)(C)c1cc(-c2ccccc2N)cc(C(C)(C)C)c1O. The van der Waals surface area contributed by atoms with Gasteiger partial charge in [0.2, 0.25) is 0 Å². The smallest absolute Gasteiger partial charge is 0.123 e. The molecule has 0 spiro atoms.